The molecule has 0 spiro atoms. The Morgan fingerprint density at radius 3 is 2.47 bits per heavy atom. The van der Waals surface area contributed by atoms with Crippen LogP contribution in [0.4, 0.5) is 9.59 Å². The number of imide groups is 2. The minimum absolute atomic E-state index is 0.199. The zero-order valence-electron chi connectivity index (χ0n) is 15.9. The molecule has 1 aliphatic rings. The highest BCUT2D eigenvalue weighted by Gasteiger charge is 2.50. The van der Waals surface area contributed by atoms with Gasteiger partial charge in [0.25, 0.3) is 5.91 Å². The first kappa shape index (κ1) is 21.6. The van der Waals surface area contributed by atoms with E-state index in [2.05, 4.69) is 16.0 Å². The topological polar surface area (TPSA) is 108 Å². The molecule has 1 aliphatic heterocycles. The lowest BCUT2D eigenvalue weighted by molar-refractivity contribution is -0.134. The average Bonchev–Trinajstić information content (AvgIpc) is 2.90. The predicted molar refractivity (Wildman–Crippen MR) is 111 cm³/mol. The van der Waals surface area contributed by atoms with Crippen LogP contribution in [0.1, 0.15) is 18.1 Å². The van der Waals surface area contributed by atoms with Crippen molar-refractivity contribution < 1.29 is 19.2 Å². The van der Waals surface area contributed by atoms with E-state index in [4.69, 9.17) is 23.2 Å². The molecule has 1 heterocycles. The average molecular weight is 449 g/mol. The van der Waals surface area contributed by atoms with E-state index in [-0.39, 0.29) is 11.6 Å². The van der Waals surface area contributed by atoms with Crippen LogP contribution in [0.2, 0.25) is 10.0 Å². The van der Waals surface area contributed by atoms with Crippen LogP contribution in [0.25, 0.3) is 0 Å². The highest BCUT2D eigenvalue weighted by atomic mass is 35.5. The van der Waals surface area contributed by atoms with Gasteiger partial charge in [0.15, 0.2) is 0 Å². The number of hydrogen-bond acceptors (Lipinski definition) is 4. The first-order chi connectivity index (χ1) is 14.2. The molecule has 1 fully saturated rings. The van der Waals surface area contributed by atoms with Gasteiger partial charge in [-0.15, -0.1) is 0 Å². The van der Waals surface area contributed by atoms with E-state index in [9.17, 15) is 19.2 Å². The summed E-state index contributed by atoms with van der Waals surface area (Å²) >= 11 is 12.1. The third-order valence-electron chi connectivity index (χ3n) is 4.60. The SMILES string of the molecule is C[C@]1(c2ccc(Cl)cc2Cl)NC(=O)N(CC(=O)NC(=O)NCc2ccccc2)C1=O. The van der Waals surface area contributed by atoms with Crippen LogP contribution in [0.5, 0.6) is 0 Å². The van der Waals surface area contributed by atoms with Crippen molar-refractivity contribution >= 4 is 47.1 Å². The summed E-state index contributed by atoms with van der Waals surface area (Å²) in [6.07, 6.45) is 0. The number of urea groups is 2. The molecule has 30 heavy (non-hydrogen) atoms. The van der Waals surface area contributed by atoms with Gasteiger partial charge in [0.2, 0.25) is 5.91 Å². The maximum atomic E-state index is 12.9. The molecule has 0 aromatic heterocycles. The van der Waals surface area contributed by atoms with E-state index in [0.717, 1.165) is 10.5 Å². The summed E-state index contributed by atoms with van der Waals surface area (Å²) in [5.74, 6) is -1.48. The summed E-state index contributed by atoms with van der Waals surface area (Å²) in [5, 5.41) is 7.74. The summed E-state index contributed by atoms with van der Waals surface area (Å²) in [6, 6.07) is 12.1. The Hall–Kier alpha value is -3.10. The zero-order valence-corrected chi connectivity index (χ0v) is 17.4. The monoisotopic (exact) mass is 448 g/mol. The normalized spacial score (nSPS) is 18.2. The maximum Gasteiger partial charge on any atom is 0.325 e. The number of carbonyl (C=O) groups excluding carboxylic acids is 4. The number of amides is 6. The van der Waals surface area contributed by atoms with Gasteiger partial charge in [-0.05, 0) is 24.6 Å². The molecule has 2 aromatic rings. The van der Waals surface area contributed by atoms with Gasteiger partial charge >= 0.3 is 12.1 Å². The fraction of sp³-hybridized carbons (Fsp3) is 0.200. The molecule has 0 aliphatic carbocycles. The number of carbonyl (C=O) groups is 4. The molecule has 6 amide bonds. The van der Waals surface area contributed by atoms with Crippen molar-refractivity contribution in [2.24, 2.45) is 0 Å². The van der Waals surface area contributed by atoms with Gasteiger partial charge < -0.3 is 10.6 Å². The lowest BCUT2D eigenvalue weighted by Gasteiger charge is -2.23. The Bertz CT molecular complexity index is 1020. The van der Waals surface area contributed by atoms with Crippen LogP contribution in [0, 0.1) is 0 Å². The van der Waals surface area contributed by atoms with Crippen LogP contribution < -0.4 is 16.0 Å². The number of halogens is 2. The van der Waals surface area contributed by atoms with Crippen LogP contribution in [0.3, 0.4) is 0 Å². The highest BCUT2D eigenvalue weighted by Crippen LogP contribution is 2.34. The fourth-order valence-corrected chi connectivity index (χ4v) is 3.65. The quantitative estimate of drug-likeness (QED) is 0.611. The molecule has 2 aromatic carbocycles. The van der Waals surface area contributed by atoms with Crippen molar-refractivity contribution in [1.82, 2.24) is 20.9 Å². The molecule has 156 valence electrons. The van der Waals surface area contributed by atoms with Gasteiger partial charge in [-0.25, -0.2) is 9.59 Å². The largest absolute Gasteiger partial charge is 0.334 e. The lowest BCUT2D eigenvalue weighted by Crippen LogP contribution is -2.46. The van der Waals surface area contributed by atoms with Gasteiger partial charge in [0.05, 0.1) is 0 Å². The Morgan fingerprint density at radius 1 is 1.10 bits per heavy atom. The second kappa shape index (κ2) is 8.73. The third-order valence-corrected chi connectivity index (χ3v) is 5.14. The summed E-state index contributed by atoms with van der Waals surface area (Å²) < 4.78 is 0. The molecule has 0 radical (unpaired) electrons. The first-order valence-corrected chi connectivity index (χ1v) is 9.67. The smallest absolute Gasteiger partial charge is 0.325 e. The number of hydrogen-bond donors (Lipinski definition) is 3. The molecule has 8 nitrogen and oxygen atoms in total. The number of nitrogens with one attached hydrogen (secondary N) is 3. The van der Waals surface area contributed by atoms with Gasteiger partial charge in [0, 0.05) is 22.2 Å². The minimum atomic E-state index is -1.46. The Labute approximate surface area is 182 Å². The van der Waals surface area contributed by atoms with Crippen LogP contribution >= 0.6 is 23.2 Å². The van der Waals surface area contributed by atoms with Gasteiger partial charge in [0.1, 0.15) is 12.1 Å². The second-order valence-electron chi connectivity index (χ2n) is 6.79. The molecule has 0 bridgehead atoms. The number of rotatable bonds is 5. The van der Waals surface area contributed by atoms with Crippen molar-refractivity contribution in [1.29, 1.82) is 0 Å². The highest BCUT2D eigenvalue weighted by molar-refractivity contribution is 6.35. The molecule has 1 saturated heterocycles. The number of benzene rings is 2. The molecule has 3 N–H and O–H groups in total. The summed E-state index contributed by atoms with van der Waals surface area (Å²) in [7, 11) is 0. The van der Waals surface area contributed by atoms with E-state index < -0.39 is 36.0 Å². The van der Waals surface area contributed by atoms with E-state index in [0.29, 0.717) is 10.6 Å². The minimum Gasteiger partial charge on any atom is -0.334 e. The van der Waals surface area contributed by atoms with E-state index in [1.54, 1.807) is 6.07 Å². The molecular weight excluding hydrogens is 431 g/mol. The van der Waals surface area contributed by atoms with Crippen LogP contribution in [0.15, 0.2) is 48.5 Å². The molecule has 0 unspecified atom stereocenters. The lowest BCUT2D eigenvalue weighted by atomic mass is 9.92. The van der Waals surface area contributed by atoms with Crippen molar-refractivity contribution in [2.45, 2.75) is 19.0 Å². The Morgan fingerprint density at radius 2 is 1.80 bits per heavy atom. The Kier molecular flexibility index (Phi) is 6.28. The Balaban J connectivity index is 1.62. The summed E-state index contributed by atoms with van der Waals surface area (Å²) in [4.78, 5) is 50.0. The summed E-state index contributed by atoms with van der Waals surface area (Å²) in [5.41, 5.74) is -0.269. The van der Waals surface area contributed by atoms with Gasteiger partial charge in [-0.2, -0.15) is 0 Å². The van der Waals surface area contributed by atoms with Crippen LogP contribution in [-0.2, 0) is 21.7 Å². The van der Waals surface area contributed by atoms with Gasteiger partial charge in [-0.3, -0.25) is 19.8 Å². The number of nitrogens with zero attached hydrogens (tertiary/aromatic N) is 1. The molecular formula is C20H18Cl2N4O4. The van der Waals surface area contributed by atoms with E-state index >= 15 is 0 Å². The van der Waals surface area contributed by atoms with Crippen molar-refractivity contribution in [3.8, 4) is 0 Å². The van der Waals surface area contributed by atoms with E-state index in [1.165, 1.54) is 19.1 Å². The second-order valence-corrected chi connectivity index (χ2v) is 7.63. The van der Waals surface area contributed by atoms with Gasteiger partial charge in [-0.1, -0.05) is 59.6 Å². The third kappa shape index (κ3) is 4.55. The molecule has 3 rings (SSSR count). The summed E-state index contributed by atoms with van der Waals surface area (Å²) in [6.45, 7) is 1.08. The van der Waals surface area contributed by atoms with Crippen LogP contribution in [-0.4, -0.2) is 35.3 Å². The molecule has 1 atom stereocenters. The standard InChI is InChI=1S/C20H18Cl2N4O4/c1-20(14-8-7-13(21)9-15(14)22)17(28)26(19(30)25-20)11-16(27)24-18(29)23-10-12-5-3-2-4-6-12/h2-9H,10-11H2,1H3,(H,25,30)(H2,23,24,27,29)/t20-/m1/s1. The van der Waals surface area contributed by atoms with Crippen molar-refractivity contribution in [2.75, 3.05) is 6.54 Å². The first-order valence-electron chi connectivity index (χ1n) is 8.92. The maximum absolute atomic E-state index is 12.9. The molecule has 0 saturated carbocycles. The fourth-order valence-electron chi connectivity index (χ4n) is 3.05. The van der Waals surface area contributed by atoms with E-state index in [1.807, 2.05) is 30.3 Å². The zero-order chi connectivity index (χ0) is 21.9. The van der Waals surface area contributed by atoms with Crippen molar-refractivity contribution in [3.05, 3.63) is 69.7 Å². The molecule has 10 heteroatoms. The van der Waals surface area contributed by atoms with Crippen molar-refractivity contribution in [3.63, 3.8) is 0 Å². The predicted octanol–water partition coefficient (Wildman–Crippen LogP) is 2.79.